The molecule has 0 unspecified atom stereocenters. The predicted octanol–water partition coefficient (Wildman–Crippen LogP) is 5.94. The number of benzene rings is 3. The zero-order valence-corrected chi connectivity index (χ0v) is 18.4. The van der Waals surface area contributed by atoms with Crippen molar-refractivity contribution in [1.29, 1.82) is 0 Å². The zero-order valence-electron chi connectivity index (χ0n) is 18.4. The second-order valence-electron chi connectivity index (χ2n) is 8.42. The molecule has 31 heavy (non-hydrogen) atoms. The minimum absolute atomic E-state index is 0.0874. The van der Waals surface area contributed by atoms with E-state index in [1.807, 2.05) is 37.3 Å². The van der Waals surface area contributed by atoms with Gasteiger partial charge in [-0.15, -0.1) is 0 Å². The summed E-state index contributed by atoms with van der Waals surface area (Å²) < 4.78 is 6.18. The van der Waals surface area contributed by atoms with E-state index in [1.54, 1.807) is 0 Å². The lowest BCUT2D eigenvalue weighted by atomic mass is 9.92. The van der Waals surface area contributed by atoms with Gasteiger partial charge in [-0.3, -0.25) is 4.79 Å². The Morgan fingerprint density at radius 2 is 1.65 bits per heavy atom. The smallest absolute Gasteiger partial charge is 0.261 e. The Labute approximate surface area is 185 Å². The number of nitrogens with one attached hydrogen (secondary N) is 1. The maximum atomic E-state index is 13.3. The Kier molecular flexibility index (Phi) is 6.71. The Bertz CT molecular complexity index is 1030. The van der Waals surface area contributed by atoms with Crippen molar-refractivity contribution in [3.05, 3.63) is 101 Å². The summed E-state index contributed by atoms with van der Waals surface area (Å²) in [6, 6.07) is 24.5. The van der Waals surface area contributed by atoms with E-state index in [0.717, 1.165) is 29.7 Å². The van der Waals surface area contributed by atoms with Crippen molar-refractivity contribution in [2.45, 2.75) is 58.1 Å². The zero-order chi connectivity index (χ0) is 21.6. The van der Waals surface area contributed by atoms with Gasteiger partial charge < -0.3 is 10.1 Å². The maximum Gasteiger partial charge on any atom is 0.261 e. The van der Waals surface area contributed by atoms with E-state index in [-0.39, 0.29) is 11.9 Å². The van der Waals surface area contributed by atoms with Crippen LogP contribution in [0.5, 0.6) is 5.75 Å². The predicted molar refractivity (Wildman–Crippen MR) is 125 cm³/mol. The van der Waals surface area contributed by atoms with Crippen LogP contribution in [-0.2, 0) is 17.6 Å². The van der Waals surface area contributed by atoms with Crippen LogP contribution >= 0.6 is 0 Å². The van der Waals surface area contributed by atoms with Crippen LogP contribution in [0.4, 0.5) is 0 Å². The summed E-state index contributed by atoms with van der Waals surface area (Å²) in [4.78, 5) is 13.3. The molecule has 0 radical (unpaired) electrons. The van der Waals surface area contributed by atoms with Crippen molar-refractivity contribution in [2.75, 3.05) is 0 Å². The summed E-state index contributed by atoms with van der Waals surface area (Å²) >= 11 is 0. The molecule has 3 aromatic carbocycles. The molecule has 0 aliphatic heterocycles. The molecule has 0 saturated carbocycles. The van der Waals surface area contributed by atoms with Crippen LogP contribution < -0.4 is 10.1 Å². The Balaban J connectivity index is 1.54. The monoisotopic (exact) mass is 413 g/mol. The molecule has 4 rings (SSSR count). The van der Waals surface area contributed by atoms with Gasteiger partial charge in [-0.25, -0.2) is 0 Å². The molecule has 1 aliphatic carbocycles. The lowest BCUT2D eigenvalue weighted by Crippen LogP contribution is -2.40. The number of amides is 1. The maximum absolute atomic E-state index is 13.3. The molecule has 0 aromatic heterocycles. The Morgan fingerprint density at radius 3 is 2.39 bits per heavy atom. The molecule has 0 spiro atoms. The van der Waals surface area contributed by atoms with Crippen LogP contribution in [0.2, 0.25) is 0 Å². The van der Waals surface area contributed by atoms with E-state index < -0.39 is 6.10 Å². The fourth-order valence-corrected chi connectivity index (χ4v) is 4.36. The van der Waals surface area contributed by atoms with Crippen molar-refractivity contribution >= 4 is 5.91 Å². The molecular weight excluding hydrogens is 382 g/mol. The van der Waals surface area contributed by atoms with E-state index in [9.17, 15) is 4.79 Å². The third kappa shape index (κ3) is 5.16. The third-order valence-electron chi connectivity index (χ3n) is 6.06. The first-order chi connectivity index (χ1) is 15.1. The normalized spacial score (nSPS) is 14.9. The molecule has 0 bridgehead atoms. The standard InChI is InChI=1S/C28H31NO2/c1-3-26(31-25-17-16-21-11-7-8-14-23(21)19-25)28(30)29-27(22-12-5-4-6-13-22)24-15-9-10-20(2)18-24/h4-6,9-10,12-13,15-19,26-27H,3,7-8,11,14H2,1-2H3,(H,29,30)/t26-,27-/m1/s1. The first kappa shape index (κ1) is 21.2. The van der Waals surface area contributed by atoms with Gasteiger partial charge in [0.2, 0.25) is 0 Å². The van der Waals surface area contributed by atoms with Crippen LogP contribution in [-0.4, -0.2) is 12.0 Å². The lowest BCUT2D eigenvalue weighted by molar-refractivity contribution is -0.128. The summed E-state index contributed by atoms with van der Waals surface area (Å²) in [7, 11) is 0. The van der Waals surface area contributed by atoms with Crippen molar-refractivity contribution in [1.82, 2.24) is 5.32 Å². The number of fused-ring (bicyclic) bond motifs is 1. The van der Waals surface area contributed by atoms with Crippen LogP contribution in [0.3, 0.4) is 0 Å². The molecule has 3 nitrogen and oxygen atoms in total. The molecule has 1 N–H and O–H groups in total. The van der Waals surface area contributed by atoms with Gasteiger partial charge >= 0.3 is 0 Å². The summed E-state index contributed by atoms with van der Waals surface area (Å²) in [5.74, 6) is 0.699. The molecule has 2 atom stereocenters. The molecule has 0 heterocycles. The molecule has 3 heteroatoms. The van der Waals surface area contributed by atoms with Crippen molar-refractivity contribution in [3.8, 4) is 5.75 Å². The van der Waals surface area contributed by atoms with Crippen LogP contribution in [0, 0.1) is 6.92 Å². The van der Waals surface area contributed by atoms with E-state index in [0.29, 0.717) is 6.42 Å². The van der Waals surface area contributed by atoms with Crippen molar-refractivity contribution in [3.63, 3.8) is 0 Å². The minimum atomic E-state index is -0.530. The highest BCUT2D eigenvalue weighted by molar-refractivity contribution is 5.82. The van der Waals surface area contributed by atoms with Gasteiger partial charge in [-0.05, 0) is 73.4 Å². The van der Waals surface area contributed by atoms with Gasteiger partial charge in [0.1, 0.15) is 5.75 Å². The first-order valence-electron chi connectivity index (χ1n) is 11.3. The molecular formula is C28H31NO2. The minimum Gasteiger partial charge on any atom is -0.481 e. The number of hydrogen-bond acceptors (Lipinski definition) is 2. The topological polar surface area (TPSA) is 38.3 Å². The molecule has 0 fully saturated rings. The number of aryl methyl sites for hydroxylation is 3. The highest BCUT2D eigenvalue weighted by Gasteiger charge is 2.24. The third-order valence-corrected chi connectivity index (χ3v) is 6.06. The number of rotatable bonds is 7. The quantitative estimate of drug-likeness (QED) is 0.521. The van der Waals surface area contributed by atoms with Crippen LogP contribution in [0.15, 0.2) is 72.8 Å². The highest BCUT2D eigenvalue weighted by Crippen LogP contribution is 2.27. The number of hydrogen-bond donors (Lipinski definition) is 1. The van der Waals surface area contributed by atoms with Crippen molar-refractivity contribution in [2.24, 2.45) is 0 Å². The number of ether oxygens (including phenoxy) is 1. The average molecular weight is 414 g/mol. The molecule has 1 aliphatic rings. The van der Waals surface area contributed by atoms with Crippen molar-refractivity contribution < 1.29 is 9.53 Å². The Morgan fingerprint density at radius 1 is 0.903 bits per heavy atom. The van der Waals surface area contributed by atoms with E-state index >= 15 is 0 Å². The molecule has 160 valence electrons. The fraction of sp³-hybridized carbons (Fsp3) is 0.321. The van der Waals surface area contributed by atoms with Gasteiger partial charge in [0.15, 0.2) is 6.10 Å². The second-order valence-corrected chi connectivity index (χ2v) is 8.42. The van der Waals surface area contributed by atoms with E-state index in [4.69, 9.17) is 4.74 Å². The number of carbonyl (C=O) groups excluding carboxylic acids is 1. The molecule has 3 aromatic rings. The van der Waals surface area contributed by atoms with Gasteiger partial charge in [0.25, 0.3) is 5.91 Å². The summed E-state index contributed by atoms with van der Waals surface area (Å²) in [5.41, 5.74) is 6.08. The molecule has 1 amide bonds. The lowest BCUT2D eigenvalue weighted by Gasteiger charge is -2.24. The summed E-state index contributed by atoms with van der Waals surface area (Å²) in [6.07, 6.45) is 4.80. The summed E-state index contributed by atoms with van der Waals surface area (Å²) in [5, 5.41) is 3.25. The SMILES string of the molecule is CC[C@@H](Oc1ccc2c(c1)CCCC2)C(=O)N[C@H](c1ccccc1)c1cccc(C)c1. The second kappa shape index (κ2) is 9.82. The number of carbonyl (C=O) groups is 1. The van der Waals surface area contributed by atoms with Gasteiger partial charge in [-0.1, -0.05) is 73.2 Å². The first-order valence-corrected chi connectivity index (χ1v) is 11.3. The average Bonchev–Trinajstić information content (AvgIpc) is 2.81. The van der Waals surface area contributed by atoms with Gasteiger partial charge in [0.05, 0.1) is 6.04 Å². The molecule has 0 saturated heterocycles. The van der Waals surface area contributed by atoms with Gasteiger partial charge in [-0.2, -0.15) is 0 Å². The largest absolute Gasteiger partial charge is 0.481 e. The van der Waals surface area contributed by atoms with E-state index in [2.05, 4.69) is 54.7 Å². The summed E-state index contributed by atoms with van der Waals surface area (Å²) in [6.45, 7) is 4.06. The highest BCUT2D eigenvalue weighted by atomic mass is 16.5. The Hall–Kier alpha value is -3.07. The van der Waals surface area contributed by atoms with Crippen LogP contribution in [0.25, 0.3) is 0 Å². The van der Waals surface area contributed by atoms with Crippen LogP contribution in [0.1, 0.15) is 60.0 Å². The van der Waals surface area contributed by atoms with Gasteiger partial charge in [0, 0.05) is 0 Å². The van der Waals surface area contributed by atoms with E-state index in [1.165, 1.54) is 29.5 Å². The fourth-order valence-electron chi connectivity index (χ4n) is 4.36.